The number of nitrogens with one attached hydrogen (secondary N) is 1. The molecule has 0 saturated carbocycles. The highest BCUT2D eigenvalue weighted by molar-refractivity contribution is 5.60. The van der Waals surface area contributed by atoms with E-state index in [0.29, 0.717) is 29.6 Å². The molecule has 0 aliphatic rings. The summed E-state index contributed by atoms with van der Waals surface area (Å²) in [6, 6.07) is 23.1. The number of ether oxygens (including phenoxy) is 1. The second kappa shape index (κ2) is 8.39. The molecule has 6 nitrogen and oxygen atoms in total. The summed E-state index contributed by atoms with van der Waals surface area (Å²) in [6.45, 7) is 0.463. The zero-order valence-electron chi connectivity index (χ0n) is 15.9. The zero-order valence-corrected chi connectivity index (χ0v) is 15.9. The van der Waals surface area contributed by atoms with Crippen molar-refractivity contribution in [2.45, 2.75) is 6.61 Å². The Morgan fingerprint density at radius 2 is 1.62 bits per heavy atom. The van der Waals surface area contributed by atoms with Crippen LogP contribution in [-0.4, -0.2) is 14.5 Å². The van der Waals surface area contributed by atoms with Crippen molar-refractivity contribution >= 4 is 11.6 Å². The summed E-state index contributed by atoms with van der Waals surface area (Å²) in [7, 11) is 1.68. The minimum Gasteiger partial charge on any atom is -0.487 e. The van der Waals surface area contributed by atoms with E-state index in [-0.39, 0.29) is 5.56 Å². The van der Waals surface area contributed by atoms with E-state index < -0.39 is 0 Å². The zero-order chi connectivity index (χ0) is 20.1. The van der Waals surface area contributed by atoms with E-state index in [1.807, 2.05) is 60.7 Å². The summed E-state index contributed by atoms with van der Waals surface area (Å²) in [4.78, 5) is 21.6. The molecule has 4 aromatic rings. The Labute approximate surface area is 168 Å². The topological polar surface area (TPSA) is 69.0 Å². The summed E-state index contributed by atoms with van der Waals surface area (Å²) in [5.74, 6) is 1.11. The first-order chi connectivity index (χ1) is 14.2. The van der Waals surface area contributed by atoms with Gasteiger partial charge < -0.3 is 10.1 Å². The van der Waals surface area contributed by atoms with Crippen molar-refractivity contribution in [1.82, 2.24) is 14.5 Å². The lowest BCUT2D eigenvalue weighted by Gasteiger charge is -2.11. The minimum absolute atomic E-state index is 0.177. The highest BCUT2D eigenvalue weighted by Gasteiger charge is 2.11. The molecule has 0 saturated heterocycles. The van der Waals surface area contributed by atoms with Crippen molar-refractivity contribution in [2.24, 2.45) is 7.05 Å². The lowest BCUT2D eigenvalue weighted by Crippen LogP contribution is -2.22. The lowest BCUT2D eigenvalue weighted by atomic mass is 10.2. The Hall–Kier alpha value is -3.93. The Kier molecular flexibility index (Phi) is 5.33. The van der Waals surface area contributed by atoms with Crippen molar-refractivity contribution in [3.05, 3.63) is 101 Å². The summed E-state index contributed by atoms with van der Waals surface area (Å²) in [6.07, 6.45) is 3.16. The number of rotatable bonds is 6. The van der Waals surface area contributed by atoms with Gasteiger partial charge in [0.2, 0.25) is 5.95 Å². The van der Waals surface area contributed by atoms with Crippen molar-refractivity contribution < 1.29 is 4.74 Å². The van der Waals surface area contributed by atoms with Crippen LogP contribution in [0.2, 0.25) is 0 Å². The lowest BCUT2D eigenvalue weighted by molar-refractivity contribution is 0.305. The molecule has 6 heteroatoms. The molecular formula is C23H20N4O2. The molecule has 144 valence electrons. The molecule has 0 spiro atoms. The van der Waals surface area contributed by atoms with E-state index in [1.165, 1.54) is 4.57 Å². The molecule has 4 rings (SSSR count). The van der Waals surface area contributed by atoms with E-state index in [0.717, 1.165) is 11.3 Å². The average molecular weight is 384 g/mol. The minimum atomic E-state index is -0.177. The highest BCUT2D eigenvalue weighted by Crippen LogP contribution is 2.19. The van der Waals surface area contributed by atoms with E-state index in [4.69, 9.17) is 4.74 Å². The predicted octanol–water partition coefficient (Wildman–Crippen LogP) is 4.16. The van der Waals surface area contributed by atoms with Gasteiger partial charge in [-0.05, 0) is 29.8 Å². The van der Waals surface area contributed by atoms with Crippen molar-refractivity contribution in [1.29, 1.82) is 0 Å². The first kappa shape index (κ1) is 18.4. The molecule has 0 bridgehead atoms. The van der Waals surface area contributed by atoms with E-state index >= 15 is 0 Å². The number of hydrogen-bond acceptors (Lipinski definition) is 5. The molecule has 2 aromatic carbocycles. The number of nitrogens with zero attached hydrogens (tertiary/aromatic N) is 3. The molecule has 0 radical (unpaired) electrons. The van der Waals surface area contributed by atoms with Gasteiger partial charge in [-0.2, -0.15) is 0 Å². The van der Waals surface area contributed by atoms with Gasteiger partial charge in [0.25, 0.3) is 5.56 Å². The maximum Gasteiger partial charge on any atom is 0.264 e. The molecule has 0 fully saturated rings. The van der Waals surface area contributed by atoms with Gasteiger partial charge in [-0.3, -0.25) is 14.3 Å². The molecule has 2 heterocycles. The number of pyridine rings is 1. The van der Waals surface area contributed by atoms with Gasteiger partial charge in [0.15, 0.2) is 0 Å². The average Bonchev–Trinajstić information content (AvgIpc) is 2.78. The van der Waals surface area contributed by atoms with E-state index in [9.17, 15) is 4.79 Å². The summed E-state index contributed by atoms with van der Waals surface area (Å²) in [5, 5.41) is 3.14. The van der Waals surface area contributed by atoms with Gasteiger partial charge >= 0.3 is 0 Å². The van der Waals surface area contributed by atoms with Gasteiger partial charge in [-0.25, -0.2) is 4.98 Å². The van der Waals surface area contributed by atoms with Crippen molar-refractivity contribution in [2.75, 3.05) is 5.32 Å². The molecule has 0 amide bonds. The van der Waals surface area contributed by atoms with Gasteiger partial charge in [0.1, 0.15) is 12.4 Å². The van der Waals surface area contributed by atoms with Crippen LogP contribution in [0.5, 0.6) is 5.75 Å². The van der Waals surface area contributed by atoms with Crippen LogP contribution in [0.3, 0.4) is 0 Å². The quantitative estimate of drug-likeness (QED) is 0.540. The predicted molar refractivity (Wildman–Crippen MR) is 113 cm³/mol. The highest BCUT2D eigenvalue weighted by atomic mass is 16.5. The van der Waals surface area contributed by atoms with Crippen LogP contribution in [0.4, 0.5) is 11.6 Å². The molecule has 1 N–H and O–H groups in total. The van der Waals surface area contributed by atoms with Gasteiger partial charge in [-0.1, -0.05) is 48.5 Å². The van der Waals surface area contributed by atoms with Crippen LogP contribution in [0, 0.1) is 0 Å². The maximum atomic E-state index is 12.8. The molecule has 29 heavy (non-hydrogen) atoms. The fraction of sp³-hybridized carbons (Fsp3) is 0.0870. The summed E-state index contributed by atoms with van der Waals surface area (Å²) in [5.41, 5.74) is 2.75. The SMILES string of the molecule is Cn1c(Nc2ccccc2)ncc(-c2ccc(OCc3ccccc3)cn2)c1=O. The Morgan fingerprint density at radius 3 is 2.31 bits per heavy atom. The van der Waals surface area contributed by atoms with E-state index in [1.54, 1.807) is 31.6 Å². The second-order valence-electron chi connectivity index (χ2n) is 6.50. The second-order valence-corrected chi connectivity index (χ2v) is 6.50. The standard InChI is InChI=1S/C23H20N4O2/c1-27-22(28)20(15-25-23(27)26-18-10-6-3-7-11-18)21-13-12-19(14-24-21)29-16-17-8-4-2-5-9-17/h2-15H,16H2,1H3,(H,25,26). The van der Waals surface area contributed by atoms with Crippen LogP contribution in [0.25, 0.3) is 11.3 Å². The van der Waals surface area contributed by atoms with Crippen molar-refractivity contribution in [3.63, 3.8) is 0 Å². The number of anilines is 2. The first-order valence-electron chi connectivity index (χ1n) is 9.22. The molecular weight excluding hydrogens is 364 g/mol. The molecule has 0 aliphatic carbocycles. The third-order valence-corrected chi connectivity index (χ3v) is 4.46. The fourth-order valence-electron chi connectivity index (χ4n) is 2.85. The van der Waals surface area contributed by atoms with Crippen molar-refractivity contribution in [3.8, 4) is 17.0 Å². The fourth-order valence-corrected chi connectivity index (χ4v) is 2.85. The van der Waals surface area contributed by atoms with Gasteiger partial charge in [-0.15, -0.1) is 0 Å². The molecule has 2 aromatic heterocycles. The number of para-hydroxylation sites is 1. The monoisotopic (exact) mass is 384 g/mol. The molecule has 0 aliphatic heterocycles. The normalized spacial score (nSPS) is 10.5. The van der Waals surface area contributed by atoms with Gasteiger partial charge in [0, 0.05) is 18.9 Å². The van der Waals surface area contributed by atoms with Crippen LogP contribution < -0.4 is 15.6 Å². The van der Waals surface area contributed by atoms with Crippen LogP contribution in [-0.2, 0) is 13.7 Å². The number of hydrogen-bond donors (Lipinski definition) is 1. The largest absolute Gasteiger partial charge is 0.487 e. The third kappa shape index (κ3) is 4.32. The van der Waals surface area contributed by atoms with Gasteiger partial charge in [0.05, 0.1) is 17.5 Å². The number of benzene rings is 2. The number of aromatic nitrogens is 3. The third-order valence-electron chi connectivity index (χ3n) is 4.46. The van der Waals surface area contributed by atoms with Crippen LogP contribution in [0.1, 0.15) is 5.56 Å². The summed E-state index contributed by atoms with van der Waals surface area (Å²) < 4.78 is 7.23. The Balaban J connectivity index is 1.51. The maximum absolute atomic E-state index is 12.8. The van der Waals surface area contributed by atoms with Crippen LogP contribution in [0.15, 0.2) is 90.0 Å². The Morgan fingerprint density at radius 1 is 0.897 bits per heavy atom. The van der Waals surface area contributed by atoms with E-state index in [2.05, 4.69) is 15.3 Å². The first-order valence-corrected chi connectivity index (χ1v) is 9.22. The summed E-state index contributed by atoms with van der Waals surface area (Å²) >= 11 is 0. The Bertz CT molecular complexity index is 1140. The van der Waals surface area contributed by atoms with Crippen LogP contribution >= 0.6 is 0 Å². The molecule has 0 atom stereocenters. The molecule has 0 unspecified atom stereocenters. The smallest absolute Gasteiger partial charge is 0.264 e.